The van der Waals surface area contributed by atoms with Gasteiger partial charge in [0, 0.05) is 17.1 Å². The predicted molar refractivity (Wildman–Crippen MR) is 111 cm³/mol. The first-order valence-electron chi connectivity index (χ1n) is 9.50. The Hall–Kier alpha value is -1.93. The van der Waals surface area contributed by atoms with E-state index in [9.17, 15) is 14.0 Å². The summed E-state index contributed by atoms with van der Waals surface area (Å²) in [5, 5.41) is 7.71. The summed E-state index contributed by atoms with van der Waals surface area (Å²) in [5.74, 6) is -0.300. The maximum absolute atomic E-state index is 12.9. The molecule has 0 saturated heterocycles. The van der Waals surface area contributed by atoms with Crippen molar-refractivity contribution in [3.8, 4) is 0 Å². The molecular weight excluding hydrogens is 397 g/mol. The summed E-state index contributed by atoms with van der Waals surface area (Å²) in [4.78, 5) is 28.7. The maximum Gasteiger partial charge on any atom is 0.234 e. The van der Waals surface area contributed by atoms with Crippen molar-refractivity contribution in [3.63, 3.8) is 0 Å². The molecule has 0 atom stereocenters. The predicted octanol–water partition coefficient (Wildman–Crippen LogP) is 4.39. The lowest BCUT2D eigenvalue weighted by Crippen LogP contribution is -2.35. The molecule has 5 nitrogen and oxygen atoms in total. The number of carbonyl (C=O) groups is 2. The van der Waals surface area contributed by atoms with Crippen LogP contribution in [-0.2, 0) is 16.0 Å². The van der Waals surface area contributed by atoms with Gasteiger partial charge in [0.15, 0.2) is 4.34 Å². The summed E-state index contributed by atoms with van der Waals surface area (Å²) in [6.07, 6.45) is 7.28. The van der Waals surface area contributed by atoms with E-state index in [0.717, 1.165) is 22.9 Å². The van der Waals surface area contributed by atoms with Crippen molar-refractivity contribution in [1.82, 2.24) is 10.3 Å². The molecule has 2 amide bonds. The summed E-state index contributed by atoms with van der Waals surface area (Å²) >= 11 is 2.76. The van der Waals surface area contributed by atoms with E-state index in [1.807, 2.05) is 5.38 Å². The Bertz CT molecular complexity index is 787. The molecule has 0 spiro atoms. The molecule has 1 aromatic carbocycles. The Balaban J connectivity index is 1.41. The minimum absolute atomic E-state index is 0.0165. The number of hydrogen-bond donors (Lipinski definition) is 2. The fraction of sp³-hybridized carbons (Fsp3) is 0.450. The number of carbonyl (C=O) groups excluding carboxylic acids is 2. The molecule has 2 N–H and O–H groups in total. The highest BCUT2D eigenvalue weighted by Crippen LogP contribution is 2.23. The third-order valence-electron chi connectivity index (χ3n) is 4.55. The van der Waals surface area contributed by atoms with Crippen LogP contribution in [-0.4, -0.2) is 28.6 Å². The molecule has 1 saturated carbocycles. The number of nitrogens with one attached hydrogen (secondary N) is 2. The quantitative estimate of drug-likeness (QED) is 0.514. The Morgan fingerprint density at radius 2 is 1.82 bits per heavy atom. The van der Waals surface area contributed by atoms with Gasteiger partial charge in [-0.05, 0) is 37.1 Å². The number of halogens is 1. The van der Waals surface area contributed by atoms with E-state index in [1.54, 1.807) is 0 Å². The van der Waals surface area contributed by atoms with E-state index in [1.165, 1.54) is 73.0 Å². The fourth-order valence-electron chi connectivity index (χ4n) is 3.16. The maximum atomic E-state index is 12.9. The van der Waals surface area contributed by atoms with Crippen LogP contribution in [0.2, 0.25) is 0 Å². The molecule has 1 aromatic heterocycles. The van der Waals surface area contributed by atoms with Crippen LogP contribution in [0.1, 0.15) is 44.2 Å². The molecular formula is C20H24FN3O2S2. The summed E-state index contributed by atoms with van der Waals surface area (Å²) in [7, 11) is 0. The second kappa shape index (κ2) is 10.6. The third-order valence-corrected chi connectivity index (χ3v) is 6.62. The standard InChI is InChI=1S/C20H24FN3O2S2/c21-14-7-9-16(10-8-14)23-19(26)13-28-20-24-17(12-27-20)11-18(25)22-15-5-3-1-2-4-6-15/h7-10,12,15H,1-6,11,13H2,(H,22,25)(H,23,26). The van der Waals surface area contributed by atoms with Gasteiger partial charge in [0.1, 0.15) is 5.82 Å². The fourth-order valence-corrected chi connectivity index (χ4v) is 4.81. The van der Waals surface area contributed by atoms with Crippen LogP contribution in [0.15, 0.2) is 34.0 Å². The van der Waals surface area contributed by atoms with Crippen LogP contribution < -0.4 is 10.6 Å². The van der Waals surface area contributed by atoms with Gasteiger partial charge in [-0.15, -0.1) is 11.3 Å². The van der Waals surface area contributed by atoms with E-state index in [4.69, 9.17) is 0 Å². The van der Waals surface area contributed by atoms with Gasteiger partial charge in [-0.25, -0.2) is 9.37 Å². The second-order valence-corrected chi connectivity index (χ2v) is 8.96. The number of thiazole rings is 1. The SMILES string of the molecule is O=C(CSc1nc(CC(=O)NC2CCCCCC2)cs1)Nc1ccc(F)cc1. The summed E-state index contributed by atoms with van der Waals surface area (Å²) in [5.41, 5.74) is 1.29. The van der Waals surface area contributed by atoms with Crippen LogP contribution in [0.4, 0.5) is 10.1 Å². The number of anilines is 1. The van der Waals surface area contributed by atoms with E-state index in [-0.39, 0.29) is 35.8 Å². The van der Waals surface area contributed by atoms with Crippen molar-refractivity contribution >= 4 is 40.6 Å². The van der Waals surface area contributed by atoms with Gasteiger partial charge < -0.3 is 10.6 Å². The van der Waals surface area contributed by atoms with Gasteiger partial charge in [-0.2, -0.15) is 0 Å². The number of thioether (sulfide) groups is 1. The van der Waals surface area contributed by atoms with Gasteiger partial charge in [-0.1, -0.05) is 37.4 Å². The number of hydrogen-bond acceptors (Lipinski definition) is 5. The van der Waals surface area contributed by atoms with Crippen LogP contribution in [0.5, 0.6) is 0 Å². The zero-order chi connectivity index (χ0) is 19.8. The van der Waals surface area contributed by atoms with Gasteiger partial charge in [-0.3, -0.25) is 9.59 Å². The minimum atomic E-state index is -0.342. The highest BCUT2D eigenvalue weighted by molar-refractivity contribution is 8.01. The van der Waals surface area contributed by atoms with Crippen LogP contribution in [0.25, 0.3) is 0 Å². The molecule has 0 bridgehead atoms. The first-order valence-corrected chi connectivity index (χ1v) is 11.4. The first-order chi connectivity index (χ1) is 13.6. The van der Waals surface area contributed by atoms with E-state index in [2.05, 4.69) is 15.6 Å². The Kier molecular flexibility index (Phi) is 7.85. The molecule has 0 unspecified atom stereocenters. The topological polar surface area (TPSA) is 71.1 Å². The largest absolute Gasteiger partial charge is 0.353 e. The van der Waals surface area contributed by atoms with Gasteiger partial charge in [0.25, 0.3) is 0 Å². The third kappa shape index (κ3) is 6.91. The van der Waals surface area contributed by atoms with E-state index in [0.29, 0.717) is 5.69 Å². The summed E-state index contributed by atoms with van der Waals surface area (Å²) in [6.45, 7) is 0. The normalized spacial score (nSPS) is 15.0. The Morgan fingerprint density at radius 3 is 2.54 bits per heavy atom. The molecule has 0 aliphatic heterocycles. The molecule has 8 heteroatoms. The van der Waals surface area contributed by atoms with Crippen LogP contribution in [0, 0.1) is 5.82 Å². The van der Waals surface area contributed by atoms with E-state index >= 15 is 0 Å². The zero-order valence-corrected chi connectivity index (χ0v) is 17.2. The summed E-state index contributed by atoms with van der Waals surface area (Å²) in [6, 6.07) is 5.93. The molecule has 2 aromatic rings. The average molecular weight is 422 g/mol. The zero-order valence-electron chi connectivity index (χ0n) is 15.6. The van der Waals surface area contributed by atoms with Gasteiger partial charge in [0.2, 0.25) is 11.8 Å². The molecule has 1 aliphatic rings. The lowest BCUT2D eigenvalue weighted by atomic mass is 10.1. The van der Waals surface area contributed by atoms with E-state index < -0.39 is 0 Å². The minimum Gasteiger partial charge on any atom is -0.353 e. The average Bonchev–Trinajstić information content (AvgIpc) is 2.95. The van der Waals surface area contributed by atoms with Crippen LogP contribution in [0.3, 0.4) is 0 Å². The molecule has 3 rings (SSSR count). The first kappa shape index (κ1) is 20.8. The number of benzene rings is 1. The highest BCUT2D eigenvalue weighted by atomic mass is 32.2. The van der Waals surface area contributed by atoms with Crippen molar-refractivity contribution in [2.75, 3.05) is 11.1 Å². The van der Waals surface area contributed by atoms with Gasteiger partial charge in [0.05, 0.1) is 17.9 Å². The van der Waals surface area contributed by atoms with Crippen molar-refractivity contribution in [3.05, 3.63) is 41.2 Å². The molecule has 1 fully saturated rings. The molecule has 150 valence electrons. The van der Waals surface area contributed by atoms with Crippen molar-refractivity contribution in [2.45, 2.75) is 55.3 Å². The smallest absolute Gasteiger partial charge is 0.234 e. The van der Waals surface area contributed by atoms with Crippen molar-refractivity contribution < 1.29 is 14.0 Å². The lowest BCUT2D eigenvalue weighted by Gasteiger charge is -2.15. The Labute approximate surface area is 172 Å². The second-order valence-electron chi connectivity index (χ2n) is 6.88. The summed E-state index contributed by atoms with van der Waals surface area (Å²) < 4.78 is 13.6. The number of nitrogens with zero attached hydrogens (tertiary/aromatic N) is 1. The van der Waals surface area contributed by atoms with Crippen molar-refractivity contribution in [1.29, 1.82) is 0 Å². The highest BCUT2D eigenvalue weighted by Gasteiger charge is 2.16. The van der Waals surface area contributed by atoms with Gasteiger partial charge >= 0.3 is 0 Å². The number of rotatable bonds is 7. The van der Waals surface area contributed by atoms with Crippen molar-refractivity contribution in [2.24, 2.45) is 0 Å². The molecule has 0 radical (unpaired) electrons. The monoisotopic (exact) mass is 421 g/mol. The number of amides is 2. The lowest BCUT2D eigenvalue weighted by molar-refractivity contribution is -0.121. The molecule has 1 aliphatic carbocycles. The molecule has 1 heterocycles. The van der Waals surface area contributed by atoms with Crippen LogP contribution >= 0.6 is 23.1 Å². The number of aromatic nitrogens is 1. The Morgan fingerprint density at radius 1 is 1.11 bits per heavy atom. The molecule has 28 heavy (non-hydrogen) atoms.